The van der Waals surface area contributed by atoms with Crippen LogP contribution in [0.15, 0.2) is 85.1 Å². The minimum absolute atomic E-state index is 0.0815. The standard InChI is InChI=1S/C71H124O6/c1-4-7-10-13-16-19-22-25-28-30-32-33-34-35-36-37-39-40-43-46-49-52-55-58-61-64-70(73)76-67-68(66-75-69(72)63-60-57-54-51-48-45-42-27-24-21-18-15-12-9-6-3)77-71(74)65-62-59-56-53-50-47-44-41-38-31-29-26-23-20-17-14-11-8-5-2/h7,10,16,19,25-29,32-33,35-36,42,68H,4-6,8-9,11-15,17-18,20-24,30-31,34,37-41,43-67H2,1-3H3/b10-7-,19-16-,28-25-,29-26-,33-32-,36-35-,42-27-. The third-order valence-corrected chi connectivity index (χ3v) is 14.4. The molecular formula is C71H124O6. The highest BCUT2D eigenvalue weighted by Gasteiger charge is 2.19. The van der Waals surface area contributed by atoms with E-state index in [0.717, 1.165) is 103 Å². The van der Waals surface area contributed by atoms with Gasteiger partial charge in [0.2, 0.25) is 0 Å². The van der Waals surface area contributed by atoms with E-state index >= 15 is 0 Å². The van der Waals surface area contributed by atoms with Crippen LogP contribution in [0.1, 0.15) is 329 Å². The number of ether oxygens (including phenoxy) is 3. The van der Waals surface area contributed by atoms with E-state index in [0.29, 0.717) is 19.3 Å². The number of allylic oxidation sites excluding steroid dienone is 14. The van der Waals surface area contributed by atoms with Gasteiger partial charge in [-0.1, -0.05) is 279 Å². The molecule has 0 amide bonds. The predicted molar refractivity (Wildman–Crippen MR) is 334 cm³/mol. The van der Waals surface area contributed by atoms with Gasteiger partial charge in [0.05, 0.1) is 0 Å². The molecule has 0 aromatic heterocycles. The summed E-state index contributed by atoms with van der Waals surface area (Å²) in [5, 5.41) is 0. The number of hydrogen-bond donors (Lipinski definition) is 0. The molecule has 0 radical (unpaired) electrons. The fourth-order valence-corrected chi connectivity index (χ4v) is 9.40. The van der Waals surface area contributed by atoms with Gasteiger partial charge < -0.3 is 14.2 Å². The quantitative estimate of drug-likeness (QED) is 0.0261. The lowest BCUT2D eigenvalue weighted by Gasteiger charge is -2.18. The Morgan fingerprint density at radius 2 is 0.506 bits per heavy atom. The topological polar surface area (TPSA) is 78.9 Å². The van der Waals surface area contributed by atoms with Crippen LogP contribution < -0.4 is 0 Å². The van der Waals surface area contributed by atoms with Crippen molar-refractivity contribution in [2.75, 3.05) is 13.2 Å². The number of carbonyl (C=O) groups is 3. The van der Waals surface area contributed by atoms with Gasteiger partial charge in [0.25, 0.3) is 0 Å². The van der Waals surface area contributed by atoms with Gasteiger partial charge in [-0.3, -0.25) is 14.4 Å². The van der Waals surface area contributed by atoms with Crippen molar-refractivity contribution in [3.05, 3.63) is 85.1 Å². The van der Waals surface area contributed by atoms with Crippen molar-refractivity contribution in [1.82, 2.24) is 0 Å². The monoisotopic (exact) mass is 1070 g/mol. The fourth-order valence-electron chi connectivity index (χ4n) is 9.40. The molecular weight excluding hydrogens is 949 g/mol. The van der Waals surface area contributed by atoms with Crippen molar-refractivity contribution in [3.8, 4) is 0 Å². The van der Waals surface area contributed by atoms with Gasteiger partial charge in [0, 0.05) is 19.3 Å². The molecule has 6 heteroatoms. The first-order valence-electron chi connectivity index (χ1n) is 33.1. The zero-order valence-electron chi connectivity index (χ0n) is 51.0. The second-order valence-corrected chi connectivity index (χ2v) is 22.0. The van der Waals surface area contributed by atoms with Gasteiger partial charge in [-0.25, -0.2) is 0 Å². The minimum Gasteiger partial charge on any atom is -0.462 e. The average molecular weight is 1070 g/mol. The summed E-state index contributed by atoms with van der Waals surface area (Å²) in [7, 11) is 0. The molecule has 1 unspecified atom stereocenters. The van der Waals surface area contributed by atoms with Crippen LogP contribution in [0.25, 0.3) is 0 Å². The van der Waals surface area contributed by atoms with E-state index in [1.807, 2.05) is 0 Å². The normalized spacial score (nSPS) is 12.6. The Morgan fingerprint density at radius 1 is 0.273 bits per heavy atom. The van der Waals surface area contributed by atoms with Crippen molar-refractivity contribution < 1.29 is 28.6 Å². The second kappa shape index (κ2) is 65.1. The lowest BCUT2D eigenvalue weighted by Crippen LogP contribution is -2.30. The maximum absolute atomic E-state index is 12.9. The van der Waals surface area contributed by atoms with E-state index in [4.69, 9.17) is 14.2 Å². The molecule has 0 fully saturated rings. The summed E-state index contributed by atoms with van der Waals surface area (Å²) in [6.07, 6.45) is 85.9. The molecule has 0 heterocycles. The van der Waals surface area contributed by atoms with Crippen molar-refractivity contribution in [1.29, 1.82) is 0 Å². The smallest absolute Gasteiger partial charge is 0.306 e. The molecule has 1 atom stereocenters. The lowest BCUT2D eigenvalue weighted by atomic mass is 10.1. The molecule has 444 valence electrons. The predicted octanol–water partition coefficient (Wildman–Crippen LogP) is 22.7. The molecule has 0 bridgehead atoms. The number of esters is 3. The first-order chi connectivity index (χ1) is 38.0. The minimum atomic E-state index is -0.785. The van der Waals surface area contributed by atoms with Gasteiger partial charge >= 0.3 is 17.9 Å². The average Bonchev–Trinajstić information content (AvgIpc) is 3.43. The van der Waals surface area contributed by atoms with Crippen LogP contribution in [-0.4, -0.2) is 37.2 Å². The SMILES string of the molecule is CC/C=C\C/C=C\C/C=C\C/C=C\C/C=C\CCCCCCCCCCCC(=O)OCC(COC(=O)CCCCCCC/C=C\CCCCCCCC)OC(=O)CCCCCCCCCCC/C=C\CCCCCCCC. The Hall–Kier alpha value is -3.41. The highest BCUT2D eigenvalue weighted by Crippen LogP contribution is 2.16. The number of hydrogen-bond acceptors (Lipinski definition) is 6. The molecule has 0 spiro atoms. The van der Waals surface area contributed by atoms with Crippen molar-refractivity contribution in [2.45, 2.75) is 335 Å². The molecule has 0 saturated heterocycles. The van der Waals surface area contributed by atoms with Crippen LogP contribution >= 0.6 is 0 Å². The first-order valence-corrected chi connectivity index (χ1v) is 33.1. The summed E-state index contributed by atoms with van der Waals surface area (Å²) >= 11 is 0. The van der Waals surface area contributed by atoms with Gasteiger partial charge in [0.1, 0.15) is 13.2 Å². The summed E-state index contributed by atoms with van der Waals surface area (Å²) < 4.78 is 17.0. The van der Waals surface area contributed by atoms with Gasteiger partial charge in [-0.2, -0.15) is 0 Å². The summed E-state index contributed by atoms with van der Waals surface area (Å²) in [6, 6.07) is 0. The molecule has 0 N–H and O–H groups in total. The summed E-state index contributed by atoms with van der Waals surface area (Å²) in [6.45, 7) is 6.54. The zero-order chi connectivity index (χ0) is 55.7. The van der Waals surface area contributed by atoms with Crippen molar-refractivity contribution >= 4 is 17.9 Å². The molecule has 0 rings (SSSR count). The molecule has 0 aliphatic rings. The lowest BCUT2D eigenvalue weighted by molar-refractivity contribution is -0.167. The van der Waals surface area contributed by atoms with E-state index < -0.39 is 6.10 Å². The van der Waals surface area contributed by atoms with Crippen LogP contribution in [0, 0.1) is 0 Å². The molecule has 0 aliphatic carbocycles. The second-order valence-electron chi connectivity index (χ2n) is 22.0. The van der Waals surface area contributed by atoms with Crippen LogP contribution in [0.5, 0.6) is 0 Å². The Balaban J connectivity index is 4.35. The first kappa shape index (κ1) is 73.6. The Labute approximate surface area is 477 Å². The maximum atomic E-state index is 12.9. The van der Waals surface area contributed by atoms with E-state index in [1.54, 1.807) is 0 Å². The van der Waals surface area contributed by atoms with Crippen LogP contribution in [0.3, 0.4) is 0 Å². The molecule has 6 nitrogen and oxygen atoms in total. The zero-order valence-corrected chi connectivity index (χ0v) is 51.0. The van der Waals surface area contributed by atoms with Gasteiger partial charge in [-0.15, -0.1) is 0 Å². The van der Waals surface area contributed by atoms with Crippen molar-refractivity contribution in [3.63, 3.8) is 0 Å². The van der Waals surface area contributed by atoms with Crippen LogP contribution in [0.4, 0.5) is 0 Å². The highest BCUT2D eigenvalue weighted by molar-refractivity contribution is 5.71. The van der Waals surface area contributed by atoms with E-state index in [1.165, 1.54) is 186 Å². The molecule has 0 aromatic rings. The molecule has 0 saturated carbocycles. The highest BCUT2D eigenvalue weighted by atomic mass is 16.6. The van der Waals surface area contributed by atoms with Crippen LogP contribution in [0.2, 0.25) is 0 Å². The summed E-state index contributed by atoms with van der Waals surface area (Å²) in [5.74, 6) is -0.883. The largest absolute Gasteiger partial charge is 0.462 e. The molecule has 77 heavy (non-hydrogen) atoms. The van der Waals surface area contributed by atoms with Gasteiger partial charge in [-0.05, 0) is 116 Å². The Morgan fingerprint density at radius 3 is 0.805 bits per heavy atom. The third kappa shape index (κ3) is 63.3. The van der Waals surface area contributed by atoms with Crippen LogP contribution in [-0.2, 0) is 28.6 Å². The number of carbonyl (C=O) groups excluding carboxylic acids is 3. The van der Waals surface area contributed by atoms with E-state index in [-0.39, 0.29) is 31.1 Å². The fraction of sp³-hybridized carbons (Fsp3) is 0.761. The third-order valence-electron chi connectivity index (χ3n) is 14.4. The number of unbranched alkanes of at least 4 members (excludes halogenated alkanes) is 35. The Kier molecular flexibility index (Phi) is 62.2. The van der Waals surface area contributed by atoms with E-state index in [2.05, 4.69) is 106 Å². The molecule has 0 aliphatic heterocycles. The summed E-state index contributed by atoms with van der Waals surface area (Å²) in [5.41, 5.74) is 0. The van der Waals surface area contributed by atoms with Crippen molar-refractivity contribution in [2.24, 2.45) is 0 Å². The number of rotatable bonds is 60. The summed E-state index contributed by atoms with van der Waals surface area (Å²) in [4.78, 5) is 38.4. The maximum Gasteiger partial charge on any atom is 0.306 e. The van der Waals surface area contributed by atoms with E-state index in [9.17, 15) is 14.4 Å². The Bertz CT molecular complexity index is 1470. The molecule has 0 aromatic carbocycles. The van der Waals surface area contributed by atoms with Gasteiger partial charge in [0.15, 0.2) is 6.10 Å².